The van der Waals surface area contributed by atoms with Crippen LogP contribution < -0.4 is 0 Å². The van der Waals surface area contributed by atoms with E-state index in [0.717, 1.165) is 55.9 Å². The highest BCUT2D eigenvalue weighted by molar-refractivity contribution is 5.79. The van der Waals surface area contributed by atoms with Crippen LogP contribution in [0.5, 0.6) is 0 Å². The van der Waals surface area contributed by atoms with Crippen LogP contribution in [0.4, 0.5) is 0 Å². The summed E-state index contributed by atoms with van der Waals surface area (Å²) in [6.07, 6.45) is 8.58. The number of hydrogen-bond acceptors (Lipinski definition) is 3. The molecule has 1 aliphatic heterocycles. The van der Waals surface area contributed by atoms with Gasteiger partial charge in [0.25, 0.3) is 0 Å². The molecule has 1 saturated carbocycles. The van der Waals surface area contributed by atoms with Gasteiger partial charge in [-0.3, -0.25) is 4.79 Å². The summed E-state index contributed by atoms with van der Waals surface area (Å²) in [6, 6.07) is 10.3. The number of aromatic nitrogens is 2. The third-order valence-electron chi connectivity index (χ3n) is 5.81. The van der Waals surface area contributed by atoms with E-state index in [1.807, 2.05) is 18.3 Å². The number of likely N-dealkylation sites (tertiary alicyclic amines) is 1. The summed E-state index contributed by atoms with van der Waals surface area (Å²) in [7, 11) is 0. The number of carbonyl (C=O) groups is 1. The number of benzene rings is 1. The molecule has 4 rings (SSSR count). The van der Waals surface area contributed by atoms with Gasteiger partial charge in [-0.1, -0.05) is 36.6 Å². The van der Waals surface area contributed by atoms with E-state index in [1.54, 1.807) is 0 Å². The monoisotopic (exact) mass is 349 g/mol. The van der Waals surface area contributed by atoms with Gasteiger partial charge in [0.1, 0.15) is 0 Å². The minimum absolute atomic E-state index is 0.266. The molecule has 0 radical (unpaired) electrons. The minimum Gasteiger partial charge on any atom is -0.342 e. The summed E-state index contributed by atoms with van der Waals surface area (Å²) >= 11 is 0. The molecule has 0 unspecified atom stereocenters. The molecule has 0 bridgehead atoms. The number of amides is 1. The van der Waals surface area contributed by atoms with Crippen molar-refractivity contribution in [2.45, 2.75) is 51.4 Å². The summed E-state index contributed by atoms with van der Waals surface area (Å²) in [4.78, 5) is 24.2. The van der Waals surface area contributed by atoms with E-state index in [-0.39, 0.29) is 5.92 Å². The van der Waals surface area contributed by atoms with Gasteiger partial charge in [-0.15, -0.1) is 0 Å². The van der Waals surface area contributed by atoms with Crippen molar-refractivity contribution in [2.75, 3.05) is 13.1 Å². The zero-order valence-electron chi connectivity index (χ0n) is 15.5. The first-order valence-corrected chi connectivity index (χ1v) is 9.89. The van der Waals surface area contributed by atoms with E-state index in [9.17, 15) is 4.79 Å². The summed E-state index contributed by atoms with van der Waals surface area (Å²) in [6.45, 7) is 3.79. The zero-order chi connectivity index (χ0) is 17.9. The van der Waals surface area contributed by atoms with Crippen molar-refractivity contribution < 1.29 is 4.79 Å². The number of aryl methyl sites for hydroxylation is 1. The lowest BCUT2D eigenvalue weighted by molar-refractivity contribution is -0.136. The summed E-state index contributed by atoms with van der Waals surface area (Å²) in [5.41, 5.74) is 3.34. The van der Waals surface area contributed by atoms with E-state index < -0.39 is 0 Å². The van der Waals surface area contributed by atoms with Crippen LogP contribution in [0.25, 0.3) is 11.4 Å². The van der Waals surface area contributed by atoms with Crippen molar-refractivity contribution in [3.8, 4) is 11.4 Å². The molecule has 1 saturated heterocycles. The fraction of sp³-hybridized carbons (Fsp3) is 0.500. The highest BCUT2D eigenvalue weighted by atomic mass is 16.2. The van der Waals surface area contributed by atoms with Gasteiger partial charge in [0.15, 0.2) is 5.82 Å². The Kier molecular flexibility index (Phi) is 5.00. The van der Waals surface area contributed by atoms with Crippen LogP contribution in [-0.4, -0.2) is 33.9 Å². The molecule has 1 aromatic heterocycles. The molecule has 2 fully saturated rings. The van der Waals surface area contributed by atoms with Gasteiger partial charge in [0.2, 0.25) is 5.91 Å². The van der Waals surface area contributed by atoms with E-state index >= 15 is 0 Å². The lowest BCUT2D eigenvalue weighted by atomic mass is 9.93. The normalized spacial score (nSPS) is 21.1. The molecule has 136 valence electrons. The van der Waals surface area contributed by atoms with E-state index in [1.165, 1.54) is 18.4 Å². The van der Waals surface area contributed by atoms with Crippen LogP contribution in [0, 0.1) is 12.8 Å². The molecular formula is C22H27N3O. The predicted octanol–water partition coefficient (Wildman–Crippen LogP) is 4.35. The molecule has 1 atom stereocenters. The van der Waals surface area contributed by atoms with Gasteiger partial charge in [0, 0.05) is 42.4 Å². The predicted molar refractivity (Wildman–Crippen MR) is 103 cm³/mol. The summed E-state index contributed by atoms with van der Waals surface area (Å²) in [5.74, 6) is 1.74. The Morgan fingerprint density at radius 1 is 1.12 bits per heavy atom. The van der Waals surface area contributed by atoms with Crippen LogP contribution in [0.15, 0.2) is 36.5 Å². The highest BCUT2D eigenvalue weighted by Gasteiger charge is 2.31. The van der Waals surface area contributed by atoms with Crippen LogP contribution in [-0.2, 0) is 4.79 Å². The Hall–Kier alpha value is -2.23. The number of piperidine rings is 1. The third-order valence-corrected chi connectivity index (χ3v) is 5.81. The van der Waals surface area contributed by atoms with E-state index in [4.69, 9.17) is 4.98 Å². The smallest absolute Gasteiger partial charge is 0.225 e. The summed E-state index contributed by atoms with van der Waals surface area (Å²) in [5, 5.41) is 0. The SMILES string of the molecule is Cc1cccc(-c2nccc([C@@H]3CCCN(C(=O)C4CCCC4)C3)n2)c1. The zero-order valence-corrected chi connectivity index (χ0v) is 15.5. The molecule has 2 aliphatic rings. The van der Waals surface area contributed by atoms with Crippen molar-refractivity contribution in [3.05, 3.63) is 47.8 Å². The first kappa shape index (κ1) is 17.2. The second-order valence-corrected chi connectivity index (χ2v) is 7.78. The average molecular weight is 349 g/mol. The molecule has 2 aromatic rings. The Labute approximate surface area is 155 Å². The lowest BCUT2D eigenvalue weighted by Crippen LogP contribution is -2.42. The maximum Gasteiger partial charge on any atom is 0.225 e. The van der Waals surface area contributed by atoms with Gasteiger partial charge in [-0.05, 0) is 44.7 Å². The van der Waals surface area contributed by atoms with Crippen molar-refractivity contribution in [1.29, 1.82) is 0 Å². The maximum absolute atomic E-state index is 12.8. The van der Waals surface area contributed by atoms with Crippen LogP contribution in [0.2, 0.25) is 0 Å². The van der Waals surface area contributed by atoms with E-state index in [0.29, 0.717) is 11.8 Å². The molecule has 1 aliphatic carbocycles. The first-order chi connectivity index (χ1) is 12.7. The molecule has 0 spiro atoms. The van der Waals surface area contributed by atoms with Crippen molar-refractivity contribution >= 4 is 5.91 Å². The van der Waals surface area contributed by atoms with Crippen LogP contribution in [0.1, 0.15) is 55.7 Å². The number of carbonyl (C=O) groups excluding carboxylic acids is 1. The first-order valence-electron chi connectivity index (χ1n) is 9.89. The standard InChI is InChI=1S/C22H27N3O/c1-16-6-4-9-18(14-16)21-23-12-11-20(24-21)19-10-5-13-25(15-19)22(26)17-7-2-3-8-17/h4,6,9,11-12,14,17,19H,2-3,5,7-8,10,13,15H2,1H3/t19-/m1/s1. The molecule has 1 amide bonds. The van der Waals surface area contributed by atoms with Crippen molar-refractivity contribution in [1.82, 2.24) is 14.9 Å². The van der Waals surface area contributed by atoms with Gasteiger partial charge >= 0.3 is 0 Å². The van der Waals surface area contributed by atoms with Crippen LogP contribution in [0.3, 0.4) is 0 Å². The Morgan fingerprint density at radius 3 is 2.77 bits per heavy atom. The molecule has 4 heteroatoms. The lowest BCUT2D eigenvalue weighted by Gasteiger charge is -2.34. The topological polar surface area (TPSA) is 46.1 Å². The number of rotatable bonds is 3. The molecule has 26 heavy (non-hydrogen) atoms. The molecule has 1 aromatic carbocycles. The Balaban J connectivity index is 1.51. The quantitative estimate of drug-likeness (QED) is 0.828. The Morgan fingerprint density at radius 2 is 1.96 bits per heavy atom. The Bertz CT molecular complexity index is 782. The van der Waals surface area contributed by atoms with Crippen molar-refractivity contribution in [3.63, 3.8) is 0 Å². The van der Waals surface area contributed by atoms with E-state index in [2.05, 4.69) is 35.0 Å². The fourth-order valence-electron chi connectivity index (χ4n) is 4.37. The second kappa shape index (κ2) is 7.56. The fourth-order valence-corrected chi connectivity index (χ4v) is 4.37. The minimum atomic E-state index is 0.266. The van der Waals surface area contributed by atoms with Gasteiger partial charge in [-0.2, -0.15) is 0 Å². The van der Waals surface area contributed by atoms with Gasteiger partial charge < -0.3 is 4.90 Å². The average Bonchev–Trinajstić information content (AvgIpc) is 3.22. The maximum atomic E-state index is 12.8. The summed E-state index contributed by atoms with van der Waals surface area (Å²) < 4.78 is 0. The number of nitrogens with zero attached hydrogens (tertiary/aromatic N) is 3. The number of hydrogen-bond donors (Lipinski definition) is 0. The molecular weight excluding hydrogens is 322 g/mol. The molecule has 0 N–H and O–H groups in total. The largest absolute Gasteiger partial charge is 0.342 e. The second-order valence-electron chi connectivity index (χ2n) is 7.78. The van der Waals surface area contributed by atoms with Crippen LogP contribution >= 0.6 is 0 Å². The van der Waals surface area contributed by atoms with Gasteiger partial charge in [-0.25, -0.2) is 9.97 Å². The highest BCUT2D eigenvalue weighted by Crippen LogP contribution is 2.31. The molecule has 2 heterocycles. The third kappa shape index (κ3) is 3.64. The van der Waals surface area contributed by atoms with Gasteiger partial charge in [0.05, 0.1) is 0 Å². The van der Waals surface area contributed by atoms with Crippen molar-refractivity contribution in [2.24, 2.45) is 5.92 Å². The molecule has 4 nitrogen and oxygen atoms in total.